The molecule has 0 saturated carbocycles. The van der Waals surface area contributed by atoms with Crippen LogP contribution in [0.25, 0.3) is 0 Å². The molecule has 1 amide bonds. The Morgan fingerprint density at radius 1 is 1.64 bits per heavy atom. The van der Waals surface area contributed by atoms with Gasteiger partial charge in [-0.1, -0.05) is 13.5 Å². The van der Waals surface area contributed by atoms with Crippen molar-refractivity contribution in [2.24, 2.45) is 0 Å². The van der Waals surface area contributed by atoms with Crippen molar-refractivity contribution in [1.82, 2.24) is 5.48 Å². The molecular weight excluding hydrogens is 217 g/mol. The quantitative estimate of drug-likeness (QED) is 0.318. The van der Waals surface area contributed by atoms with Gasteiger partial charge in [-0.3, -0.25) is 4.79 Å². The van der Waals surface area contributed by atoms with E-state index in [1.807, 2.05) is 0 Å². The third kappa shape index (κ3) is 5.77. The Bertz CT molecular complexity index is 288. The second kappa shape index (κ2) is 7.42. The molecule has 0 aromatic rings. The van der Waals surface area contributed by atoms with Crippen LogP contribution in [-0.4, -0.2) is 19.6 Å². The zero-order valence-electron chi connectivity index (χ0n) is 8.61. The second-order valence-corrected chi connectivity index (χ2v) is 4.42. The molecule has 0 heterocycles. The predicted octanol–water partition coefficient (Wildman–Crippen LogP) is -2.65. The molecule has 0 saturated heterocycles. The van der Waals surface area contributed by atoms with Crippen LogP contribution in [0.15, 0.2) is 12.7 Å². The standard InChI is InChI=1S/C7H13NO4S.Na/c1-4-6(3)13(10,11)12-8-7(9)5-2;/h5-6H,2,4H2,1,3H3,(H,8,9);/q;+1. The molecule has 5 nitrogen and oxygen atoms in total. The van der Waals surface area contributed by atoms with Crippen molar-refractivity contribution in [2.75, 3.05) is 0 Å². The molecule has 0 fully saturated rings. The maximum atomic E-state index is 11.1. The maximum absolute atomic E-state index is 11.1. The minimum Gasteiger partial charge on any atom is -0.268 e. The van der Waals surface area contributed by atoms with Crippen molar-refractivity contribution in [3.05, 3.63) is 12.7 Å². The number of carbonyl (C=O) groups excluding carboxylic acids is 1. The van der Waals surface area contributed by atoms with Gasteiger partial charge in [-0.25, -0.2) is 5.48 Å². The summed E-state index contributed by atoms with van der Waals surface area (Å²) in [4.78, 5) is 10.6. The van der Waals surface area contributed by atoms with Gasteiger partial charge < -0.3 is 0 Å². The molecule has 0 radical (unpaired) electrons. The summed E-state index contributed by atoms with van der Waals surface area (Å²) in [6.45, 7) is 6.34. The van der Waals surface area contributed by atoms with E-state index in [1.54, 1.807) is 12.4 Å². The number of rotatable bonds is 5. The van der Waals surface area contributed by atoms with E-state index < -0.39 is 21.3 Å². The van der Waals surface area contributed by atoms with E-state index in [1.165, 1.54) is 6.92 Å². The first-order chi connectivity index (χ1) is 5.94. The van der Waals surface area contributed by atoms with E-state index >= 15 is 0 Å². The smallest absolute Gasteiger partial charge is 0.268 e. The summed E-state index contributed by atoms with van der Waals surface area (Å²) in [5, 5.41) is -0.641. The fourth-order valence-corrected chi connectivity index (χ4v) is 1.20. The van der Waals surface area contributed by atoms with Crippen LogP contribution >= 0.6 is 0 Å². The van der Waals surface area contributed by atoms with Gasteiger partial charge in [-0.2, -0.15) is 8.42 Å². The number of carbonyl (C=O) groups is 1. The van der Waals surface area contributed by atoms with Crippen LogP contribution in [0.1, 0.15) is 20.3 Å². The molecule has 76 valence electrons. The van der Waals surface area contributed by atoms with E-state index in [-0.39, 0.29) is 29.6 Å². The Hall–Kier alpha value is 0.120. The topological polar surface area (TPSA) is 72.5 Å². The van der Waals surface area contributed by atoms with Crippen LogP contribution in [0, 0.1) is 0 Å². The summed E-state index contributed by atoms with van der Waals surface area (Å²) >= 11 is 0. The maximum Gasteiger partial charge on any atom is 1.00 e. The monoisotopic (exact) mass is 230 g/mol. The fourth-order valence-electron chi connectivity index (χ4n) is 0.427. The van der Waals surface area contributed by atoms with Crippen LogP contribution in [0.3, 0.4) is 0 Å². The number of hydroxylamine groups is 1. The molecule has 0 aromatic carbocycles. The minimum absolute atomic E-state index is 0. The normalized spacial score (nSPS) is 12.4. The summed E-state index contributed by atoms with van der Waals surface area (Å²) in [7, 11) is -3.70. The molecular formula is C7H13NNaO4S+. The van der Waals surface area contributed by atoms with Gasteiger partial charge in [0.05, 0.1) is 5.25 Å². The summed E-state index contributed by atoms with van der Waals surface area (Å²) in [5.41, 5.74) is 1.74. The fraction of sp³-hybridized carbons (Fsp3) is 0.571. The Morgan fingerprint density at radius 2 is 2.14 bits per heavy atom. The Morgan fingerprint density at radius 3 is 2.50 bits per heavy atom. The Labute approximate surface area is 106 Å². The van der Waals surface area contributed by atoms with Crippen molar-refractivity contribution in [1.29, 1.82) is 0 Å². The molecule has 0 bridgehead atoms. The van der Waals surface area contributed by atoms with Crippen molar-refractivity contribution in [2.45, 2.75) is 25.5 Å². The average Bonchev–Trinajstić information content (AvgIpc) is 2.12. The molecule has 1 atom stereocenters. The van der Waals surface area contributed by atoms with Crippen molar-refractivity contribution in [3.63, 3.8) is 0 Å². The molecule has 7 heteroatoms. The molecule has 0 rings (SSSR count). The first-order valence-electron chi connectivity index (χ1n) is 3.78. The first kappa shape index (κ1) is 16.5. The Kier molecular flexibility index (Phi) is 8.77. The average molecular weight is 230 g/mol. The van der Waals surface area contributed by atoms with Crippen molar-refractivity contribution < 1.29 is 47.1 Å². The zero-order chi connectivity index (χ0) is 10.5. The summed E-state index contributed by atoms with van der Waals surface area (Å²) in [6.07, 6.45) is 1.35. The second-order valence-electron chi connectivity index (χ2n) is 2.47. The van der Waals surface area contributed by atoms with Crippen LogP contribution in [-0.2, 0) is 19.2 Å². The summed E-state index contributed by atoms with van der Waals surface area (Å²) in [6, 6.07) is 0. The van der Waals surface area contributed by atoms with E-state index in [9.17, 15) is 13.2 Å². The van der Waals surface area contributed by atoms with Gasteiger partial charge in [-0.05, 0) is 19.4 Å². The third-order valence-corrected chi connectivity index (χ3v) is 3.15. The molecule has 1 unspecified atom stereocenters. The number of hydrogen-bond donors (Lipinski definition) is 1. The van der Waals surface area contributed by atoms with E-state index in [4.69, 9.17) is 0 Å². The van der Waals surface area contributed by atoms with Crippen molar-refractivity contribution >= 4 is 16.0 Å². The van der Waals surface area contributed by atoms with Gasteiger partial charge in [0, 0.05) is 0 Å². The van der Waals surface area contributed by atoms with Crippen LogP contribution in [0.4, 0.5) is 0 Å². The summed E-state index contributed by atoms with van der Waals surface area (Å²) < 4.78 is 26.5. The van der Waals surface area contributed by atoms with Gasteiger partial charge in [0.15, 0.2) is 0 Å². The van der Waals surface area contributed by atoms with E-state index in [0.717, 1.165) is 6.08 Å². The first-order valence-corrected chi connectivity index (χ1v) is 5.25. The number of nitrogens with one attached hydrogen (secondary N) is 1. The predicted molar refractivity (Wildman–Crippen MR) is 48.1 cm³/mol. The third-order valence-electron chi connectivity index (χ3n) is 1.51. The zero-order valence-corrected chi connectivity index (χ0v) is 11.4. The Balaban J connectivity index is 0. The van der Waals surface area contributed by atoms with Gasteiger partial charge >= 0.3 is 29.6 Å². The summed E-state index contributed by atoms with van der Waals surface area (Å²) in [5.74, 6) is -0.688. The molecule has 0 aliphatic rings. The minimum atomic E-state index is -3.70. The molecule has 0 aromatic heterocycles. The van der Waals surface area contributed by atoms with Gasteiger partial charge in [0.25, 0.3) is 16.0 Å². The van der Waals surface area contributed by atoms with Crippen molar-refractivity contribution in [3.8, 4) is 0 Å². The molecule has 0 aliphatic heterocycles. The van der Waals surface area contributed by atoms with Gasteiger partial charge in [0.1, 0.15) is 0 Å². The van der Waals surface area contributed by atoms with Gasteiger partial charge in [0.2, 0.25) is 0 Å². The van der Waals surface area contributed by atoms with Crippen LogP contribution < -0.4 is 35.0 Å². The van der Waals surface area contributed by atoms with E-state index in [2.05, 4.69) is 10.9 Å². The van der Waals surface area contributed by atoms with Crippen LogP contribution in [0.5, 0.6) is 0 Å². The van der Waals surface area contributed by atoms with Gasteiger partial charge in [-0.15, -0.1) is 4.28 Å². The largest absolute Gasteiger partial charge is 1.00 e. The SMILES string of the molecule is C=CC(=O)NOS(=O)(=O)C(C)CC.[Na+]. The molecule has 0 aliphatic carbocycles. The molecule has 14 heavy (non-hydrogen) atoms. The van der Waals surface area contributed by atoms with Crippen LogP contribution in [0.2, 0.25) is 0 Å². The number of hydrogen-bond acceptors (Lipinski definition) is 4. The molecule has 0 spiro atoms. The number of amides is 1. The van der Waals surface area contributed by atoms with E-state index in [0.29, 0.717) is 6.42 Å². The molecule has 1 N–H and O–H groups in total.